The first-order chi connectivity index (χ1) is 6.29. The number of rotatable bonds is 3. The topological polar surface area (TPSA) is 50.4 Å². The van der Waals surface area contributed by atoms with Gasteiger partial charge in [-0.1, -0.05) is 0 Å². The molecule has 1 aliphatic heterocycles. The number of nitrogens with one attached hydrogen (secondary N) is 2. The SMILES string of the molecule is COC1CNC(C(=O)NC2CC2)C1. The highest BCUT2D eigenvalue weighted by Crippen LogP contribution is 2.19. The number of amides is 1. The van der Waals surface area contributed by atoms with Crippen LogP contribution in [0.1, 0.15) is 19.3 Å². The van der Waals surface area contributed by atoms with Crippen LogP contribution in [0.2, 0.25) is 0 Å². The molecule has 0 bridgehead atoms. The molecule has 0 aromatic rings. The fourth-order valence-corrected chi connectivity index (χ4v) is 1.61. The third kappa shape index (κ3) is 2.19. The molecule has 1 saturated carbocycles. The zero-order valence-corrected chi connectivity index (χ0v) is 7.88. The number of hydrogen-bond acceptors (Lipinski definition) is 3. The van der Waals surface area contributed by atoms with Crippen LogP contribution in [0.3, 0.4) is 0 Å². The molecule has 2 aliphatic rings. The van der Waals surface area contributed by atoms with Crippen molar-refractivity contribution in [3.8, 4) is 0 Å². The highest BCUT2D eigenvalue weighted by Gasteiger charge is 2.32. The Hall–Kier alpha value is -0.610. The van der Waals surface area contributed by atoms with E-state index in [0.717, 1.165) is 25.8 Å². The molecule has 2 N–H and O–H groups in total. The van der Waals surface area contributed by atoms with Crippen LogP contribution < -0.4 is 10.6 Å². The van der Waals surface area contributed by atoms with E-state index in [1.54, 1.807) is 7.11 Å². The van der Waals surface area contributed by atoms with E-state index in [2.05, 4.69) is 10.6 Å². The Bertz CT molecular complexity index is 204. The van der Waals surface area contributed by atoms with Crippen LogP contribution >= 0.6 is 0 Å². The summed E-state index contributed by atoms with van der Waals surface area (Å²) in [6, 6.07) is 0.418. The minimum Gasteiger partial charge on any atom is -0.380 e. The predicted octanol–water partition coefficient (Wildman–Crippen LogP) is -0.358. The van der Waals surface area contributed by atoms with E-state index in [4.69, 9.17) is 4.74 Å². The third-order valence-electron chi connectivity index (χ3n) is 2.66. The molecule has 0 spiro atoms. The van der Waals surface area contributed by atoms with Gasteiger partial charge in [-0.3, -0.25) is 4.79 Å². The molecule has 4 heteroatoms. The molecule has 1 saturated heterocycles. The van der Waals surface area contributed by atoms with Crippen molar-refractivity contribution in [2.24, 2.45) is 0 Å². The number of ether oxygens (including phenoxy) is 1. The van der Waals surface area contributed by atoms with Crippen LogP contribution in [0, 0.1) is 0 Å². The van der Waals surface area contributed by atoms with E-state index in [-0.39, 0.29) is 18.1 Å². The summed E-state index contributed by atoms with van der Waals surface area (Å²) in [5.41, 5.74) is 0. The van der Waals surface area contributed by atoms with Gasteiger partial charge in [-0.25, -0.2) is 0 Å². The first-order valence-electron chi connectivity index (χ1n) is 4.86. The molecule has 2 atom stereocenters. The van der Waals surface area contributed by atoms with Gasteiger partial charge in [0.1, 0.15) is 0 Å². The Morgan fingerprint density at radius 1 is 1.54 bits per heavy atom. The highest BCUT2D eigenvalue weighted by atomic mass is 16.5. The first-order valence-corrected chi connectivity index (χ1v) is 4.86. The number of hydrogen-bond donors (Lipinski definition) is 2. The second-order valence-electron chi connectivity index (χ2n) is 3.84. The number of carbonyl (C=O) groups is 1. The minimum absolute atomic E-state index is 0.0365. The average Bonchev–Trinajstić information content (AvgIpc) is 2.82. The summed E-state index contributed by atoms with van der Waals surface area (Å²) in [6.07, 6.45) is 3.29. The summed E-state index contributed by atoms with van der Waals surface area (Å²) in [6.45, 7) is 0.791. The first kappa shape index (κ1) is 8.97. The minimum atomic E-state index is -0.0365. The Labute approximate surface area is 78.0 Å². The van der Waals surface area contributed by atoms with Gasteiger partial charge in [-0.05, 0) is 19.3 Å². The molecule has 2 rings (SSSR count). The van der Waals surface area contributed by atoms with Crippen molar-refractivity contribution in [3.63, 3.8) is 0 Å². The lowest BCUT2D eigenvalue weighted by Gasteiger charge is -2.10. The fraction of sp³-hybridized carbons (Fsp3) is 0.889. The maximum Gasteiger partial charge on any atom is 0.237 e. The second-order valence-corrected chi connectivity index (χ2v) is 3.84. The van der Waals surface area contributed by atoms with Gasteiger partial charge >= 0.3 is 0 Å². The summed E-state index contributed by atoms with van der Waals surface area (Å²) < 4.78 is 5.17. The predicted molar refractivity (Wildman–Crippen MR) is 48.4 cm³/mol. The van der Waals surface area contributed by atoms with E-state index in [1.165, 1.54) is 0 Å². The van der Waals surface area contributed by atoms with Crippen molar-refractivity contribution in [1.82, 2.24) is 10.6 Å². The van der Waals surface area contributed by atoms with Crippen LogP contribution in [-0.2, 0) is 9.53 Å². The maximum atomic E-state index is 11.5. The summed E-state index contributed by atoms with van der Waals surface area (Å²) in [5, 5.41) is 6.14. The second kappa shape index (κ2) is 3.64. The molecule has 2 fully saturated rings. The molecule has 13 heavy (non-hydrogen) atoms. The van der Waals surface area contributed by atoms with Gasteiger partial charge in [-0.15, -0.1) is 0 Å². The largest absolute Gasteiger partial charge is 0.380 e. The van der Waals surface area contributed by atoms with E-state index >= 15 is 0 Å². The number of methoxy groups -OCH3 is 1. The molecule has 74 valence electrons. The summed E-state index contributed by atoms with van der Waals surface area (Å²) in [7, 11) is 1.69. The van der Waals surface area contributed by atoms with Gasteiger partial charge in [0.05, 0.1) is 12.1 Å². The Kier molecular flexibility index (Phi) is 2.51. The number of carbonyl (C=O) groups excluding carboxylic acids is 1. The van der Waals surface area contributed by atoms with E-state index in [0.29, 0.717) is 6.04 Å². The molecule has 0 aromatic carbocycles. The zero-order valence-electron chi connectivity index (χ0n) is 7.88. The van der Waals surface area contributed by atoms with Gasteiger partial charge in [0.2, 0.25) is 5.91 Å². The quantitative estimate of drug-likeness (QED) is 0.630. The van der Waals surface area contributed by atoms with E-state index in [9.17, 15) is 4.79 Å². The Morgan fingerprint density at radius 3 is 2.85 bits per heavy atom. The summed E-state index contributed by atoms with van der Waals surface area (Å²) >= 11 is 0. The Morgan fingerprint density at radius 2 is 2.31 bits per heavy atom. The van der Waals surface area contributed by atoms with Crippen LogP contribution in [-0.4, -0.2) is 37.7 Å². The van der Waals surface area contributed by atoms with E-state index in [1.807, 2.05) is 0 Å². The molecule has 4 nitrogen and oxygen atoms in total. The van der Waals surface area contributed by atoms with E-state index < -0.39 is 0 Å². The molecule has 1 heterocycles. The standard InChI is InChI=1S/C9H16N2O2/c1-13-7-4-8(10-5-7)9(12)11-6-2-3-6/h6-8,10H,2-5H2,1H3,(H,11,12). The Balaban J connectivity index is 1.77. The smallest absolute Gasteiger partial charge is 0.237 e. The van der Waals surface area contributed by atoms with Gasteiger partial charge < -0.3 is 15.4 Å². The van der Waals surface area contributed by atoms with Crippen LogP contribution in [0.25, 0.3) is 0 Å². The van der Waals surface area contributed by atoms with Gasteiger partial charge in [0.25, 0.3) is 0 Å². The van der Waals surface area contributed by atoms with Crippen molar-refractivity contribution < 1.29 is 9.53 Å². The average molecular weight is 184 g/mol. The normalized spacial score (nSPS) is 33.3. The van der Waals surface area contributed by atoms with Crippen LogP contribution in [0.4, 0.5) is 0 Å². The lowest BCUT2D eigenvalue weighted by Crippen LogP contribution is -2.41. The summed E-state index contributed by atoms with van der Waals surface area (Å²) in [4.78, 5) is 11.5. The molecule has 0 aromatic heterocycles. The van der Waals surface area contributed by atoms with Crippen molar-refractivity contribution in [3.05, 3.63) is 0 Å². The van der Waals surface area contributed by atoms with Crippen molar-refractivity contribution >= 4 is 5.91 Å². The van der Waals surface area contributed by atoms with Gasteiger partial charge in [0, 0.05) is 19.7 Å². The molecule has 2 unspecified atom stereocenters. The lowest BCUT2D eigenvalue weighted by molar-refractivity contribution is -0.123. The van der Waals surface area contributed by atoms with Crippen molar-refractivity contribution in [1.29, 1.82) is 0 Å². The zero-order chi connectivity index (χ0) is 9.26. The fourth-order valence-electron chi connectivity index (χ4n) is 1.61. The monoisotopic (exact) mass is 184 g/mol. The molecule has 0 radical (unpaired) electrons. The molecular formula is C9H16N2O2. The van der Waals surface area contributed by atoms with Crippen molar-refractivity contribution in [2.45, 2.75) is 37.5 Å². The summed E-state index contributed by atoms with van der Waals surface area (Å²) in [5.74, 6) is 0.141. The maximum absolute atomic E-state index is 11.5. The molecule has 1 aliphatic carbocycles. The van der Waals surface area contributed by atoms with Crippen LogP contribution in [0.5, 0.6) is 0 Å². The van der Waals surface area contributed by atoms with Gasteiger partial charge in [-0.2, -0.15) is 0 Å². The van der Waals surface area contributed by atoms with Gasteiger partial charge in [0.15, 0.2) is 0 Å². The molecular weight excluding hydrogens is 168 g/mol. The van der Waals surface area contributed by atoms with Crippen molar-refractivity contribution in [2.75, 3.05) is 13.7 Å². The lowest BCUT2D eigenvalue weighted by atomic mass is 10.2. The highest BCUT2D eigenvalue weighted by molar-refractivity contribution is 5.82. The molecule has 1 amide bonds. The van der Waals surface area contributed by atoms with Crippen LogP contribution in [0.15, 0.2) is 0 Å². The third-order valence-corrected chi connectivity index (χ3v) is 2.66.